The molecule has 2 heterocycles. The number of hydrogen-bond donors (Lipinski definition) is 2. The molecule has 36 heavy (non-hydrogen) atoms. The molecule has 0 unspecified atom stereocenters. The van der Waals surface area contributed by atoms with Crippen LogP contribution in [0.4, 0.5) is 5.69 Å². The molecule has 0 aliphatic rings. The van der Waals surface area contributed by atoms with Crippen LogP contribution in [0.5, 0.6) is 5.75 Å². The SMILES string of the molecule is C[N-]c1ccc2sc3ccccc3c2c1O.[Y].c1ccc(-c2cccc3[nH]c4ccccc4c23)cc1. The Bertz CT molecular complexity index is 1800. The van der Waals surface area contributed by atoms with Crippen molar-refractivity contribution in [3.63, 3.8) is 0 Å². The van der Waals surface area contributed by atoms with Gasteiger partial charge in [-0.1, -0.05) is 90.6 Å². The van der Waals surface area contributed by atoms with Crippen LogP contribution in [0, 0.1) is 0 Å². The van der Waals surface area contributed by atoms with E-state index in [0.29, 0.717) is 5.69 Å². The fourth-order valence-corrected chi connectivity index (χ4v) is 5.84. The van der Waals surface area contributed by atoms with E-state index in [1.807, 2.05) is 30.3 Å². The summed E-state index contributed by atoms with van der Waals surface area (Å²) in [5.74, 6) is 0.289. The van der Waals surface area contributed by atoms with Crippen LogP contribution in [-0.2, 0) is 32.7 Å². The summed E-state index contributed by atoms with van der Waals surface area (Å²) in [4.78, 5) is 3.49. The monoisotopic (exact) mass is 560 g/mol. The smallest absolute Gasteiger partial charge is 0.110 e. The van der Waals surface area contributed by atoms with Crippen molar-refractivity contribution in [2.24, 2.45) is 0 Å². The van der Waals surface area contributed by atoms with E-state index in [2.05, 4.69) is 89.2 Å². The number of nitrogens with zero attached hydrogens (tertiary/aromatic N) is 1. The maximum atomic E-state index is 10.1. The number of benzene rings is 5. The molecule has 2 N–H and O–H groups in total. The standard InChI is InChI=1S/C18H13N.C13H10NOS.Y/c1-2-7-13(8-3-1)14-10-6-12-17-18(14)15-9-4-5-11-16(15)19-17;1-14-9-6-7-11-12(13(9)15)8-4-2-3-5-10(8)16-11;/h1-12,19H;2-7,15H,1H3;/q;-1;. The molecule has 0 aliphatic carbocycles. The van der Waals surface area contributed by atoms with E-state index in [1.165, 1.54) is 37.6 Å². The van der Waals surface area contributed by atoms with Gasteiger partial charge in [-0.25, -0.2) is 0 Å². The number of phenolic OH excluding ortho intramolecular Hbond substituents is 1. The number of aromatic nitrogens is 1. The first-order valence-electron chi connectivity index (χ1n) is 11.5. The third-order valence-electron chi connectivity index (χ3n) is 6.35. The number of fused-ring (bicyclic) bond motifs is 6. The topological polar surface area (TPSA) is 50.1 Å². The predicted octanol–water partition coefficient (Wildman–Crippen LogP) is 9.38. The number of aromatic amines is 1. The maximum Gasteiger partial charge on any atom is 0.110 e. The molecule has 5 heteroatoms. The summed E-state index contributed by atoms with van der Waals surface area (Å²) in [6, 6.07) is 37.5. The number of para-hydroxylation sites is 1. The van der Waals surface area contributed by atoms with Crippen LogP contribution in [0.15, 0.2) is 109 Å². The Labute approximate surface area is 238 Å². The van der Waals surface area contributed by atoms with E-state index >= 15 is 0 Å². The summed E-state index contributed by atoms with van der Waals surface area (Å²) < 4.78 is 2.30. The predicted molar refractivity (Wildman–Crippen MR) is 151 cm³/mol. The number of thiophene rings is 1. The summed E-state index contributed by atoms with van der Waals surface area (Å²) in [6.45, 7) is 0. The van der Waals surface area contributed by atoms with Gasteiger partial charge in [-0.05, 0) is 35.4 Å². The maximum absolute atomic E-state index is 10.1. The molecule has 0 amide bonds. The molecule has 0 fully saturated rings. The van der Waals surface area contributed by atoms with Gasteiger partial charge in [0.05, 0.1) is 0 Å². The third-order valence-corrected chi connectivity index (χ3v) is 7.49. The summed E-state index contributed by atoms with van der Waals surface area (Å²) >= 11 is 1.69. The molecule has 7 aromatic rings. The second-order valence-electron chi connectivity index (χ2n) is 8.39. The van der Waals surface area contributed by atoms with Gasteiger partial charge in [-0.15, -0.1) is 18.4 Å². The van der Waals surface area contributed by atoms with Gasteiger partial charge in [-0.2, -0.15) is 0 Å². The van der Waals surface area contributed by atoms with E-state index in [1.54, 1.807) is 18.4 Å². The van der Waals surface area contributed by atoms with Crippen LogP contribution in [0.3, 0.4) is 0 Å². The Morgan fingerprint density at radius 2 is 1.33 bits per heavy atom. The minimum atomic E-state index is 0. The molecule has 0 aliphatic heterocycles. The second-order valence-corrected chi connectivity index (χ2v) is 9.48. The van der Waals surface area contributed by atoms with Crippen LogP contribution in [0.1, 0.15) is 0 Å². The number of aromatic hydroxyl groups is 1. The van der Waals surface area contributed by atoms with Gasteiger partial charge in [-0.3, -0.25) is 0 Å². The zero-order valence-electron chi connectivity index (χ0n) is 19.8. The van der Waals surface area contributed by atoms with Crippen LogP contribution in [-0.4, -0.2) is 17.1 Å². The molecule has 2 aromatic heterocycles. The fourth-order valence-electron chi connectivity index (χ4n) is 4.73. The molecule has 7 rings (SSSR count). The molecule has 0 spiro atoms. The van der Waals surface area contributed by atoms with Crippen molar-refractivity contribution in [1.82, 2.24) is 4.98 Å². The van der Waals surface area contributed by atoms with Gasteiger partial charge in [0.25, 0.3) is 0 Å². The van der Waals surface area contributed by atoms with Crippen LogP contribution in [0.2, 0.25) is 0 Å². The Morgan fingerprint density at radius 3 is 2.14 bits per heavy atom. The number of rotatable bonds is 2. The van der Waals surface area contributed by atoms with E-state index in [0.717, 1.165) is 15.5 Å². The second kappa shape index (κ2) is 10.4. The molecule has 0 saturated carbocycles. The van der Waals surface area contributed by atoms with Crippen molar-refractivity contribution in [2.75, 3.05) is 7.05 Å². The van der Waals surface area contributed by atoms with Crippen molar-refractivity contribution < 1.29 is 37.8 Å². The van der Waals surface area contributed by atoms with Crippen LogP contribution in [0.25, 0.3) is 58.4 Å². The first kappa shape index (κ1) is 24.5. The molecule has 3 nitrogen and oxygen atoms in total. The van der Waals surface area contributed by atoms with Gasteiger partial charge in [0.1, 0.15) is 5.75 Å². The minimum absolute atomic E-state index is 0. The Hall–Kier alpha value is -3.18. The Kier molecular flexibility index (Phi) is 7.11. The van der Waals surface area contributed by atoms with Gasteiger partial charge >= 0.3 is 0 Å². The van der Waals surface area contributed by atoms with Gasteiger partial charge in [0.2, 0.25) is 0 Å². The number of nitrogens with one attached hydrogen (secondary N) is 1. The molecule has 0 bridgehead atoms. The summed E-state index contributed by atoms with van der Waals surface area (Å²) in [5.41, 5.74) is 5.59. The summed E-state index contributed by atoms with van der Waals surface area (Å²) in [6.07, 6.45) is 0. The van der Waals surface area contributed by atoms with E-state index in [4.69, 9.17) is 0 Å². The van der Waals surface area contributed by atoms with Crippen molar-refractivity contribution in [2.45, 2.75) is 0 Å². The largest absolute Gasteiger partial charge is 0.684 e. The van der Waals surface area contributed by atoms with E-state index in [9.17, 15) is 5.11 Å². The van der Waals surface area contributed by atoms with E-state index in [-0.39, 0.29) is 38.5 Å². The molecule has 0 atom stereocenters. The van der Waals surface area contributed by atoms with Gasteiger partial charge in [0.15, 0.2) is 0 Å². The zero-order chi connectivity index (χ0) is 23.8. The van der Waals surface area contributed by atoms with Gasteiger partial charge in [0, 0.05) is 74.7 Å². The molecule has 173 valence electrons. The molecule has 5 aromatic carbocycles. The number of hydrogen-bond acceptors (Lipinski definition) is 2. The Morgan fingerprint density at radius 1 is 0.639 bits per heavy atom. The van der Waals surface area contributed by atoms with Crippen molar-refractivity contribution >= 4 is 59.0 Å². The Balaban J connectivity index is 0.000000146. The van der Waals surface area contributed by atoms with Crippen LogP contribution >= 0.6 is 11.3 Å². The average Bonchev–Trinajstić information content (AvgIpc) is 3.48. The fraction of sp³-hybridized carbons (Fsp3) is 0.0323. The summed E-state index contributed by atoms with van der Waals surface area (Å²) in [7, 11) is 1.69. The van der Waals surface area contributed by atoms with Crippen molar-refractivity contribution in [1.29, 1.82) is 0 Å². The quantitative estimate of drug-likeness (QED) is 0.218. The normalized spacial score (nSPS) is 10.8. The first-order valence-corrected chi connectivity index (χ1v) is 12.3. The van der Waals surface area contributed by atoms with Gasteiger partial charge < -0.3 is 15.4 Å². The third kappa shape index (κ3) is 4.30. The number of phenols is 1. The molecular weight excluding hydrogens is 537 g/mol. The summed E-state index contributed by atoms with van der Waals surface area (Å²) in [5, 5.41) is 18.8. The molecule has 0 saturated heterocycles. The van der Waals surface area contributed by atoms with Crippen LogP contribution < -0.4 is 0 Å². The first-order chi connectivity index (χ1) is 17.2. The number of H-pyrrole nitrogens is 1. The molecular formula is C31H23N2OSY-. The van der Waals surface area contributed by atoms with Crippen molar-refractivity contribution in [3.05, 3.63) is 115 Å². The molecule has 1 radical (unpaired) electrons. The minimum Gasteiger partial charge on any atom is -0.684 e. The van der Waals surface area contributed by atoms with Crippen molar-refractivity contribution in [3.8, 4) is 16.9 Å². The zero-order valence-corrected chi connectivity index (χ0v) is 23.4. The van der Waals surface area contributed by atoms with E-state index < -0.39 is 0 Å². The average molecular weight is 561 g/mol.